The van der Waals surface area contributed by atoms with E-state index in [1.807, 2.05) is 24.3 Å². The highest BCUT2D eigenvalue weighted by molar-refractivity contribution is 7.09. The molecule has 3 aromatic rings. The van der Waals surface area contributed by atoms with Crippen LogP contribution in [0.25, 0.3) is 0 Å². The van der Waals surface area contributed by atoms with Gasteiger partial charge in [0.05, 0.1) is 5.56 Å². The monoisotopic (exact) mass is 494 g/mol. The summed E-state index contributed by atoms with van der Waals surface area (Å²) in [6, 6.07) is 12.6. The van der Waals surface area contributed by atoms with Crippen LogP contribution in [0.4, 0.5) is 18.3 Å². The normalized spacial score (nSPS) is 15.0. The zero-order chi connectivity index (χ0) is 23.4. The van der Waals surface area contributed by atoms with E-state index in [1.54, 1.807) is 6.07 Å². The number of nitrogens with one attached hydrogen (secondary N) is 1. The second-order valence-electron chi connectivity index (χ2n) is 7.97. The van der Waals surface area contributed by atoms with Crippen molar-refractivity contribution in [2.24, 2.45) is 5.92 Å². The Bertz CT molecular complexity index is 1100. The Kier molecular flexibility index (Phi) is 7.19. The molecule has 1 aliphatic rings. The fourth-order valence-corrected chi connectivity index (χ4v) is 4.62. The highest BCUT2D eigenvalue weighted by Crippen LogP contribution is 2.30. The van der Waals surface area contributed by atoms with Gasteiger partial charge in [-0.15, -0.1) is 0 Å². The molecule has 1 fully saturated rings. The summed E-state index contributed by atoms with van der Waals surface area (Å²) in [5.74, 6) is 0.444. The van der Waals surface area contributed by atoms with Crippen molar-refractivity contribution in [3.63, 3.8) is 0 Å². The van der Waals surface area contributed by atoms with Crippen LogP contribution < -0.4 is 10.2 Å². The Morgan fingerprint density at radius 3 is 2.55 bits per heavy atom. The number of hydrogen-bond donors (Lipinski definition) is 1. The first-order valence-corrected chi connectivity index (χ1v) is 11.7. The third kappa shape index (κ3) is 6.23. The molecule has 0 saturated carbocycles. The summed E-state index contributed by atoms with van der Waals surface area (Å²) in [5.41, 5.74) is 0.799. The lowest BCUT2D eigenvalue weighted by molar-refractivity contribution is -0.137. The number of halogens is 4. The molecule has 2 heterocycles. The van der Waals surface area contributed by atoms with Crippen LogP contribution in [0.5, 0.6) is 0 Å². The van der Waals surface area contributed by atoms with Crippen molar-refractivity contribution in [1.82, 2.24) is 14.7 Å². The summed E-state index contributed by atoms with van der Waals surface area (Å²) in [5, 5.41) is 4.30. The summed E-state index contributed by atoms with van der Waals surface area (Å²) >= 11 is 7.27. The molecule has 0 radical (unpaired) electrons. The molecule has 2 aromatic carbocycles. The number of aromatic nitrogens is 2. The average Bonchev–Trinajstić information content (AvgIpc) is 3.27. The average molecular weight is 495 g/mol. The van der Waals surface area contributed by atoms with Gasteiger partial charge in [0, 0.05) is 48.5 Å². The Morgan fingerprint density at radius 1 is 1.12 bits per heavy atom. The van der Waals surface area contributed by atoms with Crippen LogP contribution in [0, 0.1) is 5.92 Å². The fourth-order valence-electron chi connectivity index (χ4n) is 3.75. The van der Waals surface area contributed by atoms with Crippen molar-refractivity contribution in [3.8, 4) is 0 Å². The Hall–Kier alpha value is -2.65. The number of nitrogens with zero attached hydrogens (tertiary/aromatic N) is 3. The number of rotatable bonds is 6. The molecule has 1 aromatic heterocycles. The van der Waals surface area contributed by atoms with Gasteiger partial charge in [0.15, 0.2) is 0 Å². The van der Waals surface area contributed by atoms with Gasteiger partial charge in [0.2, 0.25) is 11.0 Å². The quantitative estimate of drug-likeness (QED) is 0.503. The van der Waals surface area contributed by atoms with E-state index in [0.717, 1.165) is 28.7 Å². The predicted octanol–water partition coefficient (Wildman–Crippen LogP) is 5.33. The SMILES string of the molecule is O=C(NCc1cccc(C(F)(F)F)c1)C1CCN(c2nc(Cc3ccc(Cl)cc3)ns2)CC1. The van der Waals surface area contributed by atoms with Crippen molar-refractivity contribution in [2.45, 2.75) is 32.0 Å². The lowest BCUT2D eigenvalue weighted by atomic mass is 9.96. The van der Waals surface area contributed by atoms with Gasteiger partial charge in [-0.1, -0.05) is 35.9 Å². The van der Waals surface area contributed by atoms with E-state index < -0.39 is 11.7 Å². The van der Waals surface area contributed by atoms with Gasteiger partial charge in [-0.25, -0.2) is 4.98 Å². The van der Waals surface area contributed by atoms with E-state index in [4.69, 9.17) is 11.6 Å². The molecule has 0 spiro atoms. The second-order valence-corrected chi connectivity index (χ2v) is 9.14. The van der Waals surface area contributed by atoms with Crippen LogP contribution in [0.1, 0.15) is 35.4 Å². The molecule has 1 aliphatic heterocycles. The Morgan fingerprint density at radius 2 is 1.85 bits per heavy atom. The first kappa shape index (κ1) is 23.5. The second kappa shape index (κ2) is 10.1. The number of anilines is 1. The molecule has 33 heavy (non-hydrogen) atoms. The first-order valence-electron chi connectivity index (χ1n) is 10.5. The first-order chi connectivity index (χ1) is 15.8. The maximum Gasteiger partial charge on any atom is 0.416 e. The number of amides is 1. The van der Waals surface area contributed by atoms with Crippen molar-refractivity contribution >= 4 is 34.2 Å². The zero-order valence-electron chi connectivity index (χ0n) is 17.6. The summed E-state index contributed by atoms with van der Waals surface area (Å²) in [4.78, 5) is 19.3. The van der Waals surface area contributed by atoms with E-state index >= 15 is 0 Å². The van der Waals surface area contributed by atoms with E-state index in [2.05, 4.69) is 19.6 Å². The maximum absolute atomic E-state index is 12.9. The molecule has 10 heteroatoms. The standard InChI is InChI=1S/C23H22ClF3N4OS/c24-19-6-4-15(5-7-19)13-20-29-22(33-30-20)31-10-8-17(9-11-31)21(32)28-14-16-2-1-3-18(12-16)23(25,26)27/h1-7,12,17H,8-11,13-14H2,(H,28,32). The number of benzene rings is 2. The molecule has 1 saturated heterocycles. The third-order valence-electron chi connectivity index (χ3n) is 5.59. The maximum atomic E-state index is 12.9. The van der Waals surface area contributed by atoms with Gasteiger partial charge < -0.3 is 10.2 Å². The van der Waals surface area contributed by atoms with Crippen LogP contribution >= 0.6 is 23.1 Å². The highest BCUT2D eigenvalue weighted by Gasteiger charge is 2.30. The van der Waals surface area contributed by atoms with Crippen LogP contribution in [-0.2, 0) is 23.9 Å². The topological polar surface area (TPSA) is 58.1 Å². The van der Waals surface area contributed by atoms with E-state index in [-0.39, 0.29) is 18.4 Å². The number of carbonyl (C=O) groups excluding carboxylic acids is 1. The molecular formula is C23H22ClF3N4OS. The minimum absolute atomic E-state index is 0.0768. The van der Waals surface area contributed by atoms with Crippen LogP contribution in [0.15, 0.2) is 48.5 Å². The molecule has 174 valence electrons. The lowest BCUT2D eigenvalue weighted by Gasteiger charge is -2.30. The van der Waals surface area contributed by atoms with Crippen LogP contribution in [-0.4, -0.2) is 28.4 Å². The molecular weight excluding hydrogens is 473 g/mol. The molecule has 0 bridgehead atoms. The molecule has 5 nitrogen and oxygen atoms in total. The predicted molar refractivity (Wildman–Crippen MR) is 122 cm³/mol. The van der Waals surface area contributed by atoms with E-state index in [9.17, 15) is 18.0 Å². The van der Waals surface area contributed by atoms with Gasteiger partial charge in [-0.05, 0) is 48.2 Å². The molecule has 0 unspecified atom stereocenters. The van der Waals surface area contributed by atoms with Crippen LogP contribution in [0.2, 0.25) is 5.02 Å². The minimum Gasteiger partial charge on any atom is -0.352 e. The van der Waals surface area contributed by atoms with Crippen molar-refractivity contribution < 1.29 is 18.0 Å². The van der Waals surface area contributed by atoms with Gasteiger partial charge in [0.25, 0.3) is 0 Å². The fraction of sp³-hybridized carbons (Fsp3) is 0.348. The highest BCUT2D eigenvalue weighted by atomic mass is 35.5. The lowest BCUT2D eigenvalue weighted by Crippen LogP contribution is -2.40. The number of piperidine rings is 1. The minimum atomic E-state index is -4.40. The van der Waals surface area contributed by atoms with E-state index in [1.165, 1.54) is 17.6 Å². The molecule has 4 rings (SSSR count). The number of alkyl halides is 3. The van der Waals surface area contributed by atoms with Gasteiger partial charge in [0.1, 0.15) is 5.82 Å². The Labute approximate surface area is 198 Å². The van der Waals surface area contributed by atoms with Crippen molar-refractivity contribution in [1.29, 1.82) is 0 Å². The number of carbonyl (C=O) groups is 1. The summed E-state index contributed by atoms with van der Waals surface area (Å²) in [7, 11) is 0. The summed E-state index contributed by atoms with van der Waals surface area (Å²) < 4.78 is 43.0. The van der Waals surface area contributed by atoms with Gasteiger partial charge in [-0.3, -0.25) is 4.79 Å². The third-order valence-corrected chi connectivity index (χ3v) is 6.66. The number of hydrogen-bond acceptors (Lipinski definition) is 5. The van der Waals surface area contributed by atoms with E-state index in [0.29, 0.717) is 42.9 Å². The van der Waals surface area contributed by atoms with Crippen LogP contribution in [0.3, 0.4) is 0 Å². The van der Waals surface area contributed by atoms with Crippen molar-refractivity contribution in [3.05, 3.63) is 76.1 Å². The molecule has 0 aliphatic carbocycles. The molecule has 0 atom stereocenters. The van der Waals surface area contributed by atoms with Crippen molar-refractivity contribution in [2.75, 3.05) is 18.0 Å². The largest absolute Gasteiger partial charge is 0.416 e. The smallest absolute Gasteiger partial charge is 0.352 e. The molecule has 1 amide bonds. The Balaban J connectivity index is 1.26. The van der Waals surface area contributed by atoms with Gasteiger partial charge in [-0.2, -0.15) is 17.5 Å². The summed E-state index contributed by atoms with van der Waals surface area (Å²) in [6.07, 6.45) is -2.46. The van der Waals surface area contributed by atoms with Gasteiger partial charge >= 0.3 is 6.18 Å². The summed E-state index contributed by atoms with van der Waals surface area (Å²) in [6.45, 7) is 1.43. The molecule has 1 N–H and O–H groups in total. The zero-order valence-corrected chi connectivity index (χ0v) is 19.2.